The van der Waals surface area contributed by atoms with Crippen molar-refractivity contribution < 1.29 is 139 Å². The van der Waals surface area contributed by atoms with Gasteiger partial charge in [0.1, 0.15) is 134 Å². The molecule has 30 atom stereocenters. The van der Waals surface area contributed by atoms with Gasteiger partial charge in [-0.2, -0.15) is 0 Å². The molecule has 69 heavy (non-hydrogen) atoms. The maximum absolute atomic E-state index is 11.6. The third-order valence-electron chi connectivity index (χ3n) is 13.3. The molecule has 0 aromatic rings. The molecule has 6 aliphatic rings. The van der Waals surface area contributed by atoms with Crippen molar-refractivity contribution in [3.63, 3.8) is 0 Å². The zero-order valence-corrected chi connectivity index (χ0v) is 38.0. The van der Waals surface area contributed by atoms with Crippen molar-refractivity contribution >= 4 is 0 Å². The molecule has 0 radical (unpaired) electrons. The van der Waals surface area contributed by atoms with E-state index in [9.17, 15) is 86.8 Å². The van der Waals surface area contributed by atoms with Crippen LogP contribution in [0.2, 0.25) is 0 Å². The van der Waals surface area contributed by atoms with Gasteiger partial charge in [-0.25, -0.2) is 0 Å². The average Bonchev–Trinajstić information content (AvgIpc) is 3.31. The van der Waals surface area contributed by atoms with Crippen LogP contribution < -0.4 is 5.73 Å². The number of rotatable bonds is 15. The van der Waals surface area contributed by atoms with E-state index in [-0.39, 0.29) is 0 Å². The first-order valence-corrected chi connectivity index (χ1v) is 22.6. The van der Waals surface area contributed by atoms with Gasteiger partial charge in [0.05, 0.1) is 51.3 Å². The van der Waals surface area contributed by atoms with Gasteiger partial charge in [-0.15, -0.1) is 0 Å². The molecule has 29 nitrogen and oxygen atoms in total. The van der Waals surface area contributed by atoms with Crippen LogP contribution in [-0.4, -0.2) is 304 Å². The molecule has 0 spiro atoms. The largest absolute Gasteiger partial charge is 0.394 e. The molecule has 14 unspecified atom stereocenters. The minimum absolute atomic E-state index is 0.705. The van der Waals surface area contributed by atoms with Crippen molar-refractivity contribution in [1.29, 1.82) is 0 Å². The van der Waals surface area contributed by atoms with Crippen LogP contribution in [0.15, 0.2) is 0 Å². The van der Waals surface area contributed by atoms with Gasteiger partial charge in [-0.05, 0) is 12.3 Å². The molecule has 0 aromatic carbocycles. The average molecular weight is 1010 g/mol. The summed E-state index contributed by atoms with van der Waals surface area (Å²) in [6.45, 7) is 2.05. The van der Waals surface area contributed by atoms with Crippen molar-refractivity contribution in [2.45, 2.75) is 212 Å². The Kier molecular flexibility index (Phi) is 19.5. The molecular formula is C40H71NO28. The van der Waals surface area contributed by atoms with Crippen LogP contribution in [-0.2, 0) is 52.1 Å². The lowest BCUT2D eigenvalue weighted by Crippen LogP contribution is -2.69. The van der Waals surface area contributed by atoms with Crippen LogP contribution >= 0.6 is 0 Å². The molecule has 6 aliphatic heterocycles. The van der Waals surface area contributed by atoms with Gasteiger partial charge in [0, 0.05) is 0 Å². The van der Waals surface area contributed by atoms with Gasteiger partial charge < -0.3 is 145 Å². The number of hydrogen-bond acceptors (Lipinski definition) is 29. The van der Waals surface area contributed by atoms with E-state index in [0.717, 1.165) is 0 Å². The SMILES string of the molecule is CC1OC(OC2[C@H](O[C@@H]3C(N)[C@H](O[C@@H]4C(O)[C@H](O[C@H]5C(CO)O[C@@H](O[C@H]6C(CO)OC(C(C)(C)C)C(O)[C@H]6O)C(O)[C@H]5O)OC(CO)[C@@H]4O)OC(CO)[C@@H]3O)OC(CO)[C@H](O)[C@@H]2O)[C@@H](O)C(O)[C@H]1O. The highest BCUT2D eigenvalue weighted by Gasteiger charge is 2.58. The Bertz CT molecular complexity index is 1590. The highest BCUT2D eigenvalue weighted by molar-refractivity contribution is 5.02. The molecule has 6 rings (SSSR count). The van der Waals surface area contributed by atoms with Gasteiger partial charge in [0.15, 0.2) is 31.5 Å². The second-order valence-corrected chi connectivity index (χ2v) is 19.2. The summed E-state index contributed by atoms with van der Waals surface area (Å²) in [7, 11) is 0. The molecule has 0 aliphatic carbocycles. The van der Waals surface area contributed by atoms with Gasteiger partial charge >= 0.3 is 0 Å². The van der Waals surface area contributed by atoms with Gasteiger partial charge in [-0.1, -0.05) is 20.8 Å². The number of aliphatic hydroxyl groups is 17. The molecule has 0 saturated carbocycles. The first-order chi connectivity index (χ1) is 32.4. The smallest absolute Gasteiger partial charge is 0.187 e. The Balaban J connectivity index is 1.18. The summed E-state index contributed by atoms with van der Waals surface area (Å²) in [5.41, 5.74) is 5.80. The van der Waals surface area contributed by atoms with Gasteiger partial charge in [-0.3, -0.25) is 0 Å². The quantitative estimate of drug-likeness (QED) is 0.0724. The fourth-order valence-electron chi connectivity index (χ4n) is 9.22. The van der Waals surface area contributed by atoms with Crippen molar-refractivity contribution in [2.75, 3.05) is 33.0 Å². The van der Waals surface area contributed by atoms with Crippen LogP contribution in [0.3, 0.4) is 0 Å². The lowest BCUT2D eigenvalue weighted by Gasteiger charge is -2.50. The molecule has 0 amide bonds. The zero-order chi connectivity index (χ0) is 51.1. The first kappa shape index (κ1) is 57.1. The number of hydrogen-bond donors (Lipinski definition) is 18. The minimum Gasteiger partial charge on any atom is -0.394 e. The van der Waals surface area contributed by atoms with Crippen LogP contribution in [0.4, 0.5) is 0 Å². The summed E-state index contributed by atoms with van der Waals surface area (Å²) in [4.78, 5) is 0. The highest BCUT2D eigenvalue weighted by Crippen LogP contribution is 2.38. The van der Waals surface area contributed by atoms with Crippen LogP contribution in [0.1, 0.15) is 27.7 Å². The Hall–Kier alpha value is -1.16. The van der Waals surface area contributed by atoms with E-state index in [1.54, 1.807) is 20.8 Å². The molecule has 6 heterocycles. The lowest BCUT2D eigenvalue weighted by molar-refractivity contribution is -0.391. The second-order valence-electron chi connectivity index (χ2n) is 19.2. The standard InChI is InChI=1S/C40H71NO28/c1-10-17(47)21(51)26(56)36(59-10)69-33-22(52)18(48)11(5-42)63-39(33)67-31-16(41)35(61-12(6-43)19(31)49)68-32-20(50)13(7-44)62-38(28(32)58)66-30-15(9-46)64-37(27(57)24(30)54)65-29-14(8-45)60-34(40(2,3)4)25(55)23(29)53/h10-39,42-58H,5-9,41H2,1-4H3/t10?,11?,12?,13?,14?,15?,16?,17-,18-,19-,20-,21?,22-,23+,24+,25?,26-,27?,28?,29-,30-,31+,32-,33?,34?,35-,36?,37-,38-,39-/m0/s1. The fourth-order valence-corrected chi connectivity index (χ4v) is 9.22. The van der Waals surface area contributed by atoms with Crippen LogP contribution in [0.25, 0.3) is 0 Å². The fraction of sp³-hybridized carbons (Fsp3) is 1.00. The molecule has 0 bridgehead atoms. The summed E-state index contributed by atoms with van der Waals surface area (Å²) >= 11 is 0. The van der Waals surface area contributed by atoms with E-state index >= 15 is 0 Å². The number of nitrogens with two attached hydrogens (primary N) is 1. The molecule has 19 N–H and O–H groups in total. The van der Waals surface area contributed by atoms with E-state index < -0.39 is 222 Å². The van der Waals surface area contributed by atoms with E-state index in [4.69, 9.17) is 57.8 Å². The summed E-state index contributed by atoms with van der Waals surface area (Å²) in [5, 5.41) is 182. The Morgan fingerprint density at radius 1 is 0.348 bits per heavy atom. The summed E-state index contributed by atoms with van der Waals surface area (Å²) in [6.07, 6.45) is -50.6. The van der Waals surface area contributed by atoms with Crippen molar-refractivity contribution in [2.24, 2.45) is 11.1 Å². The predicted molar refractivity (Wildman–Crippen MR) is 217 cm³/mol. The first-order valence-electron chi connectivity index (χ1n) is 22.6. The van der Waals surface area contributed by atoms with Crippen LogP contribution in [0.5, 0.6) is 0 Å². The molecule has 29 heteroatoms. The molecule has 404 valence electrons. The Labute approximate surface area is 394 Å². The minimum atomic E-state index is -2.13. The topological polar surface area (TPSA) is 471 Å². The predicted octanol–water partition coefficient (Wildman–Crippen LogP) is -11.0. The van der Waals surface area contributed by atoms with Crippen molar-refractivity contribution in [3.8, 4) is 0 Å². The van der Waals surface area contributed by atoms with E-state index in [2.05, 4.69) is 0 Å². The normalized spacial score (nSPS) is 52.4. The maximum Gasteiger partial charge on any atom is 0.187 e. The van der Waals surface area contributed by atoms with Crippen LogP contribution in [0, 0.1) is 5.41 Å². The van der Waals surface area contributed by atoms with E-state index in [0.29, 0.717) is 0 Å². The summed E-state index contributed by atoms with van der Waals surface area (Å²) in [6, 6.07) is -1.72. The maximum atomic E-state index is 11.6. The van der Waals surface area contributed by atoms with Crippen molar-refractivity contribution in [1.82, 2.24) is 0 Å². The summed E-state index contributed by atoms with van der Waals surface area (Å²) in [5.74, 6) is 0. The van der Waals surface area contributed by atoms with E-state index in [1.807, 2.05) is 0 Å². The number of ether oxygens (including phenoxy) is 11. The highest BCUT2D eigenvalue weighted by atomic mass is 16.8. The third kappa shape index (κ3) is 11.7. The lowest BCUT2D eigenvalue weighted by atomic mass is 9.80. The Morgan fingerprint density at radius 3 is 1.28 bits per heavy atom. The second kappa shape index (κ2) is 23.6. The molecule has 6 saturated heterocycles. The van der Waals surface area contributed by atoms with Gasteiger partial charge in [0.25, 0.3) is 0 Å². The summed E-state index contributed by atoms with van der Waals surface area (Å²) < 4.78 is 63.3. The third-order valence-corrected chi connectivity index (χ3v) is 13.3. The van der Waals surface area contributed by atoms with E-state index in [1.165, 1.54) is 6.92 Å². The molecular weight excluding hydrogens is 942 g/mol. The monoisotopic (exact) mass is 1010 g/mol. The van der Waals surface area contributed by atoms with Gasteiger partial charge in [0.2, 0.25) is 0 Å². The Morgan fingerprint density at radius 2 is 0.725 bits per heavy atom. The molecule has 6 fully saturated rings. The number of aliphatic hydroxyl groups excluding tert-OH is 17. The molecule has 0 aromatic heterocycles. The zero-order valence-electron chi connectivity index (χ0n) is 38.0. The van der Waals surface area contributed by atoms with Crippen molar-refractivity contribution in [3.05, 3.63) is 0 Å².